The Labute approximate surface area is 283 Å². The average molecular weight is 628 g/mol. The minimum Gasteiger partial charge on any atom is -0.453 e. The van der Waals surface area contributed by atoms with Gasteiger partial charge in [-0.2, -0.15) is 0 Å². The molecule has 9 aromatic carbocycles. The van der Waals surface area contributed by atoms with Crippen LogP contribution in [0.2, 0.25) is 0 Å². The molecule has 49 heavy (non-hydrogen) atoms. The highest BCUT2D eigenvalue weighted by atomic mass is 16.5. The molecule has 0 N–H and O–H groups in total. The maximum absolute atomic E-state index is 6.66. The molecular weight excluding hydrogens is 599 g/mol. The highest BCUT2D eigenvalue weighted by molar-refractivity contribution is 6.14. The predicted octanol–water partition coefficient (Wildman–Crippen LogP) is 13.3. The molecule has 3 nitrogen and oxygen atoms in total. The topological polar surface area (TPSA) is 21.7 Å². The van der Waals surface area contributed by atoms with E-state index in [1.807, 2.05) is 30.3 Å². The second-order valence-corrected chi connectivity index (χ2v) is 12.6. The number of ether oxygens (including phenoxy) is 2. The van der Waals surface area contributed by atoms with Gasteiger partial charge in [0.2, 0.25) is 0 Å². The highest BCUT2D eigenvalue weighted by Crippen LogP contribution is 2.49. The molecule has 0 aliphatic carbocycles. The third kappa shape index (κ3) is 4.59. The lowest BCUT2D eigenvalue weighted by Gasteiger charge is -2.28. The smallest absolute Gasteiger partial charge is 0.172 e. The van der Waals surface area contributed by atoms with Crippen molar-refractivity contribution in [2.75, 3.05) is 4.90 Å². The van der Waals surface area contributed by atoms with Crippen LogP contribution in [0.5, 0.6) is 23.0 Å². The molecule has 0 amide bonds. The van der Waals surface area contributed by atoms with E-state index in [2.05, 4.69) is 150 Å². The van der Waals surface area contributed by atoms with E-state index in [1.165, 1.54) is 43.4 Å². The fourth-order valence-corrected chi connectivity index (χ4v) is 7.30. The molecule has 3 heteroatoms. The van der Waals surface area contributed by atoms with Gasteiger partial charge in [-0.1, -0.05) is 121 Å². The lowest BCUT2D eigenvalue weighted by Crippen LogP contribution is -2.11. The fourth-order valence-electron chi connectivity index (χ4n) is 7.30. The zero-order valence-corrected chi connectivity index (χ0v) is 26.5. The number of rotatable bonds is 4. The number of hydrogen-bond acceptors (Lipinski definition) is 3. The average Bonchev–Trinajstić information content (AvgIpc) is 3.32. The standard InChI is InChI=1S/C46H29NO2/c1-2-10-33-27-34(20-19-30(33)9-1)31-21-23-36(24-22-31)47(41-28-35-11-3-4-14-38(35)39-15-5-6-16-40(39)41)37-25-26-42-45(29-37)49-44-18-8-13-32-12-7-17-43(48-42)46(32)44/h1-29H. The van der Waals surface area contributed by atoms with Crippen LogP contribution in [0.3, 0.4) is 0 Å². The minimum absolute atomic E-state index is 0.670. The fraction of sp³-hybridized carbons (Fsp3) is 0. The van der Waals surface area contributed by atoms with Gasteiger partial charge >= 0.3 is 0 Å². The van der Waals surface area contributed by atoms with E-state index in [-0.39, 0.29) is 0 Å². The van der Waals surface area contributed by atoms with Crippen molar-refractivity contribution >= 4 is 60.2 Å². The van der Waals surface area contributed by atoms with E-state index in [0.717, 1.165) is 39.3 Å². The number of hydrogen-bond donors (Lipinski definition) is 0. The van der Waals surface area contributed by atoms with Gasteiger partial charge in [0.25, 0.3) is 0 Å². The summed E-state index contributed by atoms with van der Waals surface area (Å²) in [5.41, 5.74) is 5.47. The van der Waals surface area contributed by atoms with Gasteiger partial charge in [-0.15, -0.1) is 0 Å². The summed E-state index contributed by atoms with van der Waals surface area (Å²) in [5, 5.41) is 9.34. The molecule has 0 bridgehead atoms. The Balaban J connectivity index is 1.16. The van der Waals surface area contributed by atoms with E-state index < -0.39 is 0 Å². The zero-order chi connectivity index (χ0) is 32.3. The van der Waals surface area contributed by atoms with Crippen LogP contribution in [-0.2, 0) is 0 Å². The Bertz CT molecular complexity index is 2730. The van der Waals surface area contributed by atoms with Gasteiger partial charge in [-0.3, -0.25) is 0 Å². The van der Waals surface area contributed by atoms with Crippen LogP contribution in [0.25, 0.3) is 54.2 Å². The molecule has 0 unspecified atom stereocenters. The molecule has 0 aromatic heterocycles. The first-order valence-electron chi connectivity index (χ1n) is 16.6. The monoisotopic (exact) mass is 627 g/mol. The molecule has 0 saturated carbocycles. The van der Waals surface area contributed by atoms with Gasteiger partial charge < -0.3 is 14.4 Å². The summed E-state index contributed by atoms with van der Waals surface area (Å²) in [6.07, 6.45) is 0. The van der Waals surface area contributed by atoms with Gasteiger partial charge in [0, 0.05) is 17.1 Å². The van der Waals surface area contributed by atoms with Crippen LogP contribution in [0.15, 0.2) is 176 Å². The summed E-state index contributed by atoms with van der Waals surface area (Å²) in [5.74, 6) is 2.93. The normalized spacial score (nSPS) is 12.0. The molecule has 0 radical (unpaired) electrons. The SMILES string of the molecule is c1ccc2cc(-c3ccc(N(c4ccc5c(c4)Oc4cccc6cccc(c46)O5)c4cc5ccccc5c5ccccc45)cc3)ccc2c1. The lowest BCUT2D eigenvalue weighted by atomic mass is 9.98. The zero-order valence-electron chi connectivity index (χ0n) is 26.5. The second kappa shape index (κ2) is 11.0. The van der Waals surface area contributed by atoms with Gasteiger partial charge in [0.05, 0.1) is 16.8 Å². The largest absolute Gasteiger partial charge is 0.453 e. The summed E-state index contributed by atoms with van der Waals surface area (Å²) < 4.78 is 13.2. The van der Waals surface area contributed by atoms with Gasteiger partial charge in [-0.05, 0) is 92.0 Å². The third-order valence-corrected chi connectivity index (χ3v) is 9.65. The van der Waals surface area contributed by atoms with Crippen molar-refractivity contribution in [3.8, 4) is 34.1 Å². The van der Waals surface area contributed by atoms with Crippen molar-refractivity contribution < 1.29 is 9.47 Å². The first-order chi connectivity index (χ1) is 24.3. The first-order valence-corrected chi connectivity index (χ1v) is 16.6. The minimum atomic E-state index is 0.670. The summed E-state index contributed by atoms with van der Waals surface area (Å²) in [7, 11) is 0. The highest BCUT2D eigenvalue weighted by Gasteiger charge is 2.23. The van der Waals surface area contributed by atoms with E-state index in [1.54, 1.807) is 0 Å². The molecule has 1 aliphatic heterocycles. The predicted molar refractivity (Wildman–Crippen MR) is 203 cm³/mol. The molecular formula is C46H29NO2. The Morgan fingerprint density at radius 2 is 0.939 bits per heavy atom. The van der Waals surface area contributed by atoms with Crippen molar-refractivity contribution in [2.45, 2.75) is 0 Å². The molecule has 1 heterocycles. The van der Waals surface area contributed by atoms with E-state index in [4.69, 9.17) is 9.47 Å². The molecule has 0 saturated heterocycles. The van der Waals surface area contributed by atoms with E-state index in [9.17, 15) is 0 Å². The van der Waals surface area contributed by atoms with Crippen LogP contribution in [-0.4, -0.2) is 0 Å². The molecule has 10 rings (SSSR count). The Hall–Kier alpha value is -6.58. The van der Waals surface area contributed by atoms with Gasteiger partial charge in [-0.25, -0.2) is 0 Å². The lowest BCUT2D eigenvalue weighted by molar-refractivity contribution is 0.439. The molecule has 0 fully saturated rings. The van der Waals surface area contributed by atoms with Crippen molar-refractivity contribution in [1.29, 1.82) is 0 Å². The summed E-state index contributed by atoms with van der Waals surface area (Å²) in [6, 6.07) is 62.1. The first kappa shape index (κ1) is 27.5. The van der Waals surface area contributed by atoms with Crippen LogP contribution in [0.4, 0.5) is 17.1 Å². The second-order valence-electron chi connectivity index (χ2n) is 12.6. The summed E-state index contributed by atoms with van der Waals surface area (Å²) >= 11 is 0. The molecule has 230 valence electrons. The Morgan fingerprint density at radius 3 is 1.73 bits per heavy atom. The van der Waals surface area contributed by atoms with Crippen molar-refractivity contribution in [3.63, 3.8) is 0 Å². The van der Waals surface area contributed by atoms with Crippen molar-refractivity contribution in [1.82, 2.24) is 0 Å². The summed E-state index contributed by atoms with van der Waals surface area (Å²) in [4.78, 5) is 2.33. The number of anilines is 3. The van der Waals surface area contributed by atoms with Crippen molar-refractivity contribution in [2.24, 2.45) is 0 Å². The van der Waals surface area contributed by atoms with E-state index >= 15 is 0 Å². The van der Waals surface area contributed by atoms with Crippen molar-refractivity contribution in [3.05, 3.63) is 176 Å². The maximum atomic E-state index is 6.66. The van der Waals surface area contributed by atoms with Crippen LogP contribution >= 0.6 is 0 Å². The number of fused-ring (bicyclic) bond motifs is 5. The van der Waals surface area contributed by atoms with Gasteiger partial charge in [0.15, 0.2) is 11.5 Å². The molecule has 0 spiro atoms. The third-order valence-electron chi connectivity index (χ3n) is 9.65. The van der Waals surface area contributed by atoms with Gasteiger partial charge in [0.1, 0.15) is 11.5 Å². The van der Waals surface area contributed by atoms with Crippen LogP contribution in [0.1, 0.15) is 0 Å². The molecule has 0 atom stereocenters. The van der Waals surface area contributed by atoms with Crippen LogP contribution < -0.4 is 14.4 Å². The molecule has 9 aromatic rings. The molecule has 1 aliphatic rings. The summed E-state index contributed by atoms with van der Waals surface area (Å²) in [6.45, 7) is 0. The quantitative estimate of drug-likeness (QED) is 0.181. The van der Waals surface area contributed by atoms with E-state index in [0.29, 0.717) is 11.5 Å². The Kier molecular flexibility index (Phi) is 6.18. The number of benzene rings is 9. The number of nitrogens with zero attached hydrogens (tertiary/aromatic N) is 1. The van der Waals surface area contributed by atoms with Crippen LogP contribution in [0, 0.1) is 0 Å². The Morgan fingerprint density at radius 1 is 0.327 bits per heavy atom. The maximum Gasteiger partial charge on any atom is 0.172 e.